The maximum atomic E-state index is 11.3. The van der Waals surface area contributed by atoms with Gasteiger partial charge in [0.2, 0.25) is 5.91 Å². The van der Waals surface area contributed by atoms with Crippen molar-refractivity contribution in [3.63, 3.8) is 0 Å². The van der Waals surface area contributed by atoms with Crippen LogP contribution in [-0.2, 0) is 11.2 Å². The molecule has 17 heavy (non-hydrogen) atoms. The first-order valence-electron chi connectivity index (χ1n) is 4.98. The molecule has 0 unspecified atom stereocenters. The molecule has 3 rings (SSSR count). The van der Waals surface area contributed by atoms with Crippen LogP contribution in [0.2, 0.25) is 0 Å². The summed E-state index contributed by atoms with van der Waals surface area (Å²) in [5, 5.41) is 9.97. The van der Waals surface area contributed by atoms with Crippen molar-refractivity contribution in [2.45, 2.75) is 16.5 Å². The Balaban J connectivity index is 1.96. The van der Waals surface area contributed by atoms with E-state index in [0.29, 0.717) is 17.3 Å². The number of H-pyrrole nitrogens is 1. The number of amides is 1. The maximum Gasteiger partial charge on any atom is 0.228 e. The Morgan fingerprint density at radius 2 is 2.29 bits per heavy atom. The van der Waals surface area contributed by atoms with E-state index >= 15 is 0 Å². The quantitative estimate of drug-likeness (QED) is 0.689. The molecule has 6 nitrogen and oxygen atoms in total. The molecule has 2 aromatic rings. The number of hydrogen-bond acceptors (Lipinski definition) is 5. The molecule has 4 N–H and O–H groups in total. The molecule has 0 aliphatic carbocycles. The smallest absolute Gasteiger partial charge is 0.228 e. The average molecular weight is 247 g/mol. The lowest BCUT2D eigenvalue weighted by Gasteiger charge is -2.06. The van der Waals surface area contributed by atoms with Gasteiger partial charge in [0.15, 0.2) is 5.16 Å². The largest absolute Gasteiger partial charge is 0.398 e. The van der Waals surface area contributed by atoms with Crippen LogP contribution in [0.1, 0.15) is 5.56 Å². The van der Waals surface area contributed by atoms with E-state index in [9.17, 15) is 4.79 Å². The van der Waals surface area contributed by atoms with E-state index < -0.39 is 0 Å². The second kappa shape index (κ2) is 3.77. The summed E-state index contributed by atoms with van der Waals surface area (Å²) in [7, 11) is 0. The molecule has 1 aliphatic heterocycles. The summed E-state index contributed by atoms with van der Waals surface area (Å²) in [6, 6.07) is 3.69. The van der Waals surface area contributed by atoms with Crippen molar-refractivity contribution in [1.29, 1.82) is 0 Å². The predicted octanol–water partition coefficient (Wildman–Crippen LogP) is 1.03. The Bertz CT molecular complexity index is 581. The summed E-state index contributed by atoms with van der Waals surface area (Å²) in [4.78, 5) is 16.1. The average Bonchev–Trinajstić information content (AvgIpc) is 2.87. The molecule has 86 valence electrons. The van der Waals surface area contributed by atoms with Crippen LogP contribution in [0.15, 0.2) is 28.5 Å². The molecule has 0 saturated carbocycles. The van der Waals surface area contributed by atoms with Crippen LogP contribution in [0.4, 0.5) is 11.4 Å². The summed E-state index contributed by atoms with van der Waals surface area (Å²) in [5.74, 6) is 0.00113. The number of anilines is 2. The van der Waals surface area contributed by atoms with Crippen LogP contribution in [0.25, 0.3) is 0 Å². The molecule has 1 amide bonds. The second-order valence-corrected chi connectivity index (χ2v) is 4.70. The maximum absolute atomic E-state index is 11.3. The van der Waals surface area contributed by atoms with Crippen molar-refractivity contribution in [2.75, 3.05) is 11.1 Å². The van der Waals surface area contributed by atoms with Gasteiger partial charge in [-0.2, -0.15) is 5.10 Å². The summed E-state index contributed by atoms with van der Waals surface area (Å²) in [5.41, 5.74) is 8.34. The van der Waals surface area contributed by atoms with Gasteiger partial charge in [-0.05, 0) is 29.5 Å². The number of rotatable bonds is 2. The Kier molecular flexibility index (Phi) is 2.25. The minimum Gasteiger partial charge on any atom is -0.398 e. The van der Waals surface area contributed by atoms with E-state index in [-0.39, 0.29) is 5.91 Å². The van der Waals surface area contributed by atoms with E-state index in [1.165, 1.54) is 18.1 Å². The van der Waals surface area contributed by atoms with Gasteiger partial charge in [0.05, 0.1) is 6.42 Å². The summed E-state index contributed by atoms with van der Waals surface area (Å²) < 4.78 is 0. The molecule has 0 fully saturated rings. The molecule has 0 spiro atoms. The molecule has 7 heteroatoms. The number of carbonyl (C=O) groups excluding carboxylic acids is 1. The molecule has 0 radical (unpaired) electrons. The lowest BCUT2D eigenvalue weighted by atomic mass is 10.1. The standard InChI is InChI=1S/C10H9N5OS/c11-6-1-5-2-9(16)14-7(5)3-8(6)17-10-12-4-13-15-10/h1,3-4H,2,11H2,(H,14,16)(H,12,13,15). The molecule has 0 saturated heterocycles. The topological polar surface area (TPSA) is 96.7 Å². The molecule has 1 aliphatic rings. The summed E-state index contributed by atoms with van der Waals surface area (Å²) in [6.45, 7) is 0. The molecule has 1 aromatic carbocycles. The second-order valence-electron chi connectivity index (χ2n) is 3.66. The highest BCUT2D eigenvalue weighted by atomic mass is 32.2. The van der Waals surface area contributed by atoms with E-state index in [0.717, 1.165) is 16.1 Å². The van der Waals surface area contributed by atoms with Gasteiger partial charge in [0.1, 0.15) is 6.33 Å². The van der Waals surface area contributed by atoms with Gasteiger partial charge in [-0.3, -0.25) is 9.89 Å². The zero-order valence-corrected chi connectivity index (χ0v) is 9.54. The van der Waals surface area contributed by atoms with Crippen molar-refractivity contribution >= 4 is 29.0 Å². The van der Waals surface area contributed by atoms with Gasteiger partial charge in [-0.25, -0.2) is 4.98 Å². The molecular weight excluding hydrogens is 238 g/mol. The van der Waals surface area contributed by atoms with E-state index in [1.807, 2.05) is 12.1 Å². The first-order valence-corrected chi connectivity index (χ1v) is 5.79. The normalized spacial score (nSPS) is 13.5. The van der Waals surface area contributed by atoms with Crippen LogP contribution in [-0.4, -0.2) is 21.1 Å². The minimum atomic E-state index is 0.00113. The van der Waals surface area contributed by atoms with Gasteiger partial charge in [0.25, 0.3) is 0 Å². The fourth-order valence-electron chi connectivity index (χ4n) is 1.71. The number of benzene rings is 1. The van der Waals surface area contributed by atoms with Crippen molar-refractivity contribution in [3.05, 3.63) is 24.0 Å². The summed E-state index contributed by atoms with van der Waals surface area (Å²) in [6.07, 6.45) is 1.83. The number of nitrogens with two attached hydrogens (primary N) is 1. The molecule has 1 aromatic heterocycles. The monoisotopic (exact) mass is 247 g/mol. The third-order valence-corrected chi connectivity index (χ3v) is 3.42. The first-order chi connectivity index (χ1) is 8.22. The van der Waals surface area contributed by atoms with Gasteiger partial charge in [0, 0.05) is 16.3 Å². The van der Waals surface area contributed by atoms with Crippen molar-refractivity contribution in [1.82, 2.24) is 15.2 Å². The third-order valence-electron chi connectivity index (χ3n) is 2.46. The molecule has 0 bridgehead atoms. The Morgan fingerprint density at radius 3 is 3.06 bits per heavy atom. The number of fused-ring (bicyclic) bond motifs is 1. The van der Waals surface area contributed by atoms with Crippen LogP contribution in [0.5, 0.6) is 0 Å². The third kappa shape index (κ3) is 1.84. The van der Waals surface area contributed by atoms with Crippen LogP contribution in [0, 0.1) is 0 Å². The Morgan fingerprint density at radius 1 is 1.41 bits per heavy atom. The molecular formula is C10H9N5OS. The van der Waals surface area contributed by atoms with Crippen molar-refractivity contribution in [2.24, 2.45) is 0 Å². The Labute approximate surface area is 101 Å². The van der Waals surface area contributed by atoms with Crippen molar-refractivity contribution < 1.29 is 4.79 Å². The lowest BCUT2D eigenvalue weighted by Crippen LogP contribution is -2.03. The zero-order valence-electron chi connectivity index (χ0n) is 8.73. The van der Waals surface area contributed by atoms with Crippen LogP contribution < -0.4 is 11.1 Å². The Hall–Kier alpha value is -2.02. The van der Waals surface area contributed by atoms with E-state index in [4.69, 9.17) is 5.73 Å². The first kappa shape index (κ1) is 10.2. The fourth-order valence-corrected chi connectivity index (χ4v) is 2.47. The number of hydrogen-bond donors (Lipinski definition) is 3. The van der Waals surface area contributed by atoms with Crippen LogP contribution >= 0.6 is 11.8 Å². The number of nitrogens with one attached hydrogen (secondary N) is 2. The highest BCUT2D eigenvalue weighted by molar-refractivity contribution is 7.99. The predicted molar refractivity (Wildman–Crippen MR) is 63.7 cm³/mol. The lowest BCUT2D eigenvalue weighted by molar-refractivity contribution is -0.115. The van der Waals surface area contributed by atoms with Gasteiger partial charge in [-0.1, -0.05) is 0 Å². The number of carbonyl (C=O) groups is 1. The number of aromatic nitrogens is 3. The SMILES string of the molecule is Nc1cc2c(cc1Sc1ncn[nH]1)NC(=O)C2. The van der Waals surface area contributed by atoms with Gasteiger partial charge >= 0.3 is 0 Å². The highest BCUT2D eigenvalue weighted by Crippen LogP contribution is 2.36. The van der Waals surface area contributed by atoms with Crippen LogP contribution in [0.3, 0.4) is 0 Å². The molecule has 2 heterocycles. The minimum absolute atomic E-state index is 0.00113. The number of nitrogens with zero attached hydrogens (tertiary/aromatic N) is 2. The highest BCUT2D eigenvalue weighted by Gasteiger charge is 2.19. The zero-order chi connectivity index (χ0) is 11.8. The van der Waals surface area contributed by atoms with Gasteiger partial charge < -0.3 is 11.1 Å². The molecule has 0 atom stereocenters. The summed E-state index contributed by atoms with van der Waals surface area (Å²) >= 11 is 1.38. The van der Waals surface area contributed by atoms with Gasteiger partial charge in [-0.15, -0.1) is 0 Å². The van der Waals surface area contributed by atoms with E-state index in [2.05, 4.69) is 20.5 Å². The van der Waals surface area contributed by atoms with E-state index in [1.54, 1.807) is 0 Å². The number of nitrogen functional groups attached to an aromatic ring is 1. The van der Waals surface area contributed by atoms with Crippen molar-refractivity contribution in [3.8, 4) is 0 Å². The fraction of sp³-hybridized carbons (Fsp3) is 0.100. The number of aromatic amines is 1.